The van der Waals surface area contributed by atoms with E-state index in [1.807, 2.05) is 36.4 Å². The molecule has 33 heavy (non-hydrogen) atoms. The zero-order valence-electron chi connectivity index (χ0n) is 19.0. The Morgan fingerprint density at radius 2 is 1.64 bits per heavy atom. The molecule has 0 bridgehead atoms. The van der Waals surface area contributed by atoms with Crippen molar-refractivity contribution in [1.29, 1.82) is 0 Å². The van der Waals surface area contributed by atoms with Crippen LogP contribution in [0, 0.1) is 0 Å². The molecule has 0 spiro atoms. The Bertz CT molecular complexity index is 1160. The minimum atomic E-state index is -2.94. The molecule has 4 rings (SSSR count). The minimum absolute atomic E-state index is 0.164. The summed E-state index contributed by atoms with van der Waals surface area (Å²) in [5, 5.41) is 8.77. The van der Waals surface area contributed by atoms with Gasteiger partial charge in [-0.1, -0.05) is 12.1 Å². The number of sulfone groups is 1. The average Bonchev–Trinajstić information content (AvgIpc) is 3.02. The summed E-state index contributed by atoms with van der Waals surface area (Å²) in [6.07, 6.45) is 0.608. The maximum atomic E-state index is 12.4. The van der Waals surface area contributed by atoms with Gasteiger partial charge in [-0.25, -0.2) is 18.2 Å². The monoisotopic (exact) mass is 472 g/mol. The molecule has 0 aromatic heterocycles. The molecule has 2 aromatic carbocycles. The van der Waals surface area contributed by atoms with Crippen molar-refractivity contribution in [2.24, 2.45) is 5.10 Å². The Morgan fingerprint density at radius 3 is 2.24 bits per heavy atom. The van der Waals surface area contributed by atoms with Gasteiger partial charge in [-0.2, -0.15) is 5.10 Å². The predicted octanol–water partition coefficient (Wildman–Crippen LogP) is 1.89. The molecule has 2 aliphatic heterocycles. The fraction of sp³-hybridized carbons (Fsp3) is 0.391. The molecule has 0 radical (unpaired) electrons. The third-order valence-corrected chi connectivity index (χ3v) is 7.59. The van der Waals surface area contributed by atoms with Gasteiger partial charge in [0.1, 0.15) is 0 Å². The van der Waals surface area contributed by atoms with Gasteiger partial charge in [0.05, 0.1) is 38.0 Å². The lowest BCUT2D eigenvalue weighted by atomic mass is 9.95. The molecule has 2 amide bonds. The number of nitrogens with one attached hydrogen (secondary N) is 1. The molecule has 1 fully saturated rings. The third kappa shape index (κ3) is 4.75. The van der Waals surface area contributed by atoms with E-state index in [0.717, 1.165) is 22.4 Å². The average molecular weight is 473 g/mol. The number of hydrogen-bond donors (Lipinski definition) is 1. The van der Waals surface area contributed by atoms with Crippen LogP contribution in [0.4, 0.5) is 10.5 Å². The summed E-state index contributed by atoms with van der Waals surface area (Å²) in [7, 11) is 1.82. The SMILES string of the molecule is CNC(=O)N1CCc2cc(OC)c(OC)cc2C(c2ccc(N3CCS(=O)(=O)CC3)cc2)=N1. The molecular formula is C23H28N4O5S. The van der Waals surface area contributed by atoms with Crippen molar-refractivity contribution in [1.82, 2.24) is 10.3 Å². The van der Waals surface area contributed by atoms with Crippen LogP contribution in [0.5, 0.6) is 11.5 Å². The quantitative estimate of drug-likeness (QED) is 0.730. The van der Waals surface area contributed by atoms with Gasteiger partial charge in [0.25, 0.3) is 0 Å². The Hall–Kier alpha value is -3.27. The molecule has 0 saturated carbocycles. The number of rotatable bonds is 4. The predicted molar refractivity (Wildman–Crippen MR) is 127 cm³/mol. The van der Waals surface area contributed by atoms with E-state index in [0.29, 0.717) is 43.3 Å². The number of ether oxygens (including phenoxy) is 2. The van der Waals surface area contributed by atoms with E-state index < -0.39 is 9.84 Å². The summed E-state index contributed by atoms with van der Waals surface area (Å²) < 4.78 is 34.5. The standard InChI is InChI=1S/C23H28N4O5S/c1-24-23(28)27-9-8-17-14-20(31-2)21(32-3)15-19(17)22(25-27)16-4-6-18(7-5-16)26-10-12-33(29,30)13-11-26/h4-7,14-15H,8-13H2,1-3H3,(H,24,28). The van der Waals surface area contributed by atoms with Gasteiger partial charge >= 0.3 is 6.03 Å². The van der Waals surface area contributed by atoms with E-state index >= 15 is 0 Å². The molecule has 2 heterocycles. The molecule has 9 nitrogen and oxygen atoms in total. The van der Waals surface area contributed by atoms with Gasteiger partial charge < -0.3 is 19.7 Å². The maximum absolute atomic E-state index is 12.4. The van der Waals surface area contributed by atoms with Crippen LogP contribution in [-0.4, -0.2) is 77.6 Å². The highest BCUT2D eigenvalue weighted by Crippen LogP contribution is 2.34. The van der Waals surface area contributed by atoms with Gasteiger partial charge in [-0.05, 0) is 36.2 Å². The fourth-order valence-corrected chi connectivity index (χ4v) is 5.29. The van der Waals surface area contributed by atoms with E-state index in [1.54, 1.807) is 21.3 Å². The summed E-state index contributed by atoms with van der Waals surface area (Å²) in [5.74, 6) is 1.54. The summed E-state index contributed by atoms with van der Waals surface area (Å²) in [4.78, 5) is 14.5. The third-order valence-electron chi connectivity index (χ3n) is 5.98. The van der Waals surface area contributed by atoms with Crippen LogP contribution in [-0.2, 0) is 16.3 Å². The van der Waals surface area contributed by atoms with Gasteiger partial charge in [-0.15, -0.1) is 0 Å². The number of amides is 2. The van der Waals surface area contributed by atoms with Gasteiger partial charge in [0.15, 0.2) is 21.3 Å². The zero-order valence-corrected chi connectivity index (χ0v) is 19.8. The maximum Gasteiger partial charge on any atom is 0.337 e. The van der Waals surface area contributed by atoms with Crippen molar-refractivity contribution >= 4 is 27.3 Å². The first kappa shape index (κ1) is 22.9. The van der Waals surface area contributed by atoms with Gasteiger partial charge in [0.2, 0.25) is 0 Å². The van der Waals surface area contributed by atoms with Crippen LogP contribution in [0.3, 0.4) is 0 Å². The Balaban J connectivity index is 1.73. The van der Waals surface area contributed by atoms with Crippen LogP contribution in [0.2, 0.25) is 0 Å². The molecule has 2 aliphatic rings. The number of carbonyl (C=O) groups excluding carboxylic acids is 1. The zero-order chi connectivity index (χ0) is 23.6. The van der Waals surface area contributed by atoms with Crippen molar-refractivity contribution in [3.63, 3.8) is 0 Å². The minimum Gasteiger partial charge on any atom is -0.493 e. The highest BCUT2D eigenvalue weighted by atomic mass is 32.2. The molecule has 1 N–H and O–H groups in total. The molecular weight excluding hydrogens is 444 g/mol. The normalized spacial score (nSPS) is 17.5. The highest BCUT2D eigenvalue weighted by molar-refractivity contribution is 7.91. The lowest BCUT2D eigenvalue weighted by Crippen LogP contribution is -2.40. The number of hydrogen-bond acceptors (Lipinski definition) is 7. The van der Waals surface area contributed by atoms with Crippen LogP contribution in [0.15, 0.2) is 41.5 Å². The number of urea groups is 1. The smallest absolute Gasteiger partial charge is 0.337 e. The van der Waals surface area contributed by atoms with Gasteiger partial charge in [0, 0.05) is 37.0 Å². The molecule has 10 heteroatoms. The number of hydrazone groups is 1. The summed E-state index contributed by atoms with van der Waals surface area (Å²) in [6, 6.07) is 11.4. The lowest BCUT2D eigenvalue weighted by Gasteiger charge is -2.28. The second kappa shape index (κ2) is 9.30. The van der Waals surface area contributed by atoms with E-state index in [1.165, 1.54) is 5.01 Å². The molecule has 0 aliphatic carbocycles. The van der Waals surface area contributed by atoms with Crippen molar-refractivity contribution in [3.05, 3.63) is 53.1 Å². The first-order valence-corrected chi connectivity index (χ1v) is 12.6. The van der Waals surface area contributed by atoms with Crippen LogP contribution in [0.1, 0.15) is 16.7 Å². The van der Waals surface area contributed by atoms with E-state index in [4.69, 9.17) is 14.6 Å². The molecule has 0 atom stereocenters. The topological polar surface area (TPSA) is 101 Å². The first-order chi connectivity index (χ1) is 15.8. The van der Waals surface area contributed by atoms with Crippen molar-refractivity contribution < 1.29 is 22.7 Å². The van der Waals surface area contributed by atoms with Crippen LogP contribution < -0.4 is 19.7 Å². The van der Waals surface area contributed by atoms with Crippen molar-refractivity contribution in [2.75, 3.05) is 57.3 Å². The molecule has 0 unspecified atom stereocenters. The molecule has 1 saturated heterocycles. The van der Waals surface area contributed by atoms with Crippen molar-refractivity contribution in [3.8, 4) is 11.5 Å². The number of nitrogens with zero attached hydrogens (tertiary/aromatic N) is 3. The van der Waals surface area contributed by atoms with E-state index in [-0.39, 0.29) is 17.5 Å². The number of methoxy groups -OCH3 is 2. The van der Waals surface area contributed by atoms with Gasteiger partial charge in [-0.3, -0.25) is 0 Å². The fourth-order valence-electron chi connectivity index (χ4n) is 4.09. The molecule has 2 aromatic rings. The van der Waals surface area contributed by atoms with Crippen LogP contribution in [0.25, 0.3) is 0 Å². The Morgan fingerprint density at radius 1 is 1.00 bits per heavy atom. The van der Waals surface area contributed by atoms with E-state index in [2.05, 4.69) is 10.2 Å². The summed E-state index contributed by atoms with van der Waals surface area (Å²) >= 11 is 0. The second-order valence-corrected chi connectivity index (χ2v) is 10.2. The number of carbonyl (C=O) groups is 1. The van der Waals surface area contributed by atoms with E-state index in [9.17, 15) is 13.2 Å². The first-order valence-electron chi connectivity index (χ1n) is 10.7. The number of benzene rings is 2. The van der Waals surface area contributed by atoms with Crippen LogP contribution >= 0.6 is 0 Å². The second-order valence-electron chi connectivity index (χ2n) is 7.93. The summed E-state index contributed by atoms with van der Waals surface area (Å²) in [5.41, 5.74) is 4.32. The highest BCUT2D eigenvalue weighted by Gasteiger charge is 2.25. The lowest BCUT2D eigenvalue weighted by molar-refractivity contribution is 0.203. The van der Waals surface area contributed by atoms with Crippen molar-refractivity contribution in [2.45, 2.75) is 6.42 Å². The molecule has 176 valence electrons. The number of anilines is 1. The summed E-state index contributed by atoms with van der Waals surface area (Å²) in [6.45, 7) is 1.38. The Labute approximate surface area is 193 Å². The largest absolute Gasteiger partial charge is 0.493 e. The Kier molecular flexibility index (Phi) is 6.46. The number of fused-ring (bicyclic) bond motifs is 1.